The Morgan fingerprint density at radius 1 is 1.25 bits per heavy atom. The van der Waals surface area contributed by atoms with Crippen LogP contribution in [0.3, 0.4) is 0 Å². The third-order valence-electron chi connectivity index (χ3n) is 2.26. The van der Waals surface area contributed by atoms with Gasteiger partial charge in [-0.2, -0.15) is 4.98 Å². The summed E-state index contributed by atoms with van der Waals surface area (Å²) in [5.41, 5.74) is 0.533. The summed E-state index contributed by atoms with van der Waals surface area (Å²) in [6.45, 7) is 1.68. The van der Waals surface area contributed by atoms with Gasteiger partial charge in [-0.3, -0.25) is 0 Å². The highest BCUT2D eigenvalue weighted by atomic mass is 79.9. The molecular formula is C13H10BrFN2O3. The van der Waals surface area contributed by atoms with Crippen molar-refractivity contribution in [3.05, 3.63) is 46.1 Å². The van der Waals surface area contributed by atoms with Crippen LogP contribution in [0.4, 0.5) is 4.39 Å². The van der Waals surface area contributed by atoms with Crippen molar-refractivity contribution in [2.75, 3.05) is 7.11 Å². The van der Waals surface area contributed by atoms with Crippen LogP contribution in [0, 0.1) is 12.7 Å². The Bertz CT molecular complexity index is 644. The molecule has 0 N–H and O–H groups in total. The highest BCUT2D eigenvalue weighted by Crippen LogP contribution is 2.25. The molecule has 0 unspecified atom stereocenters. The number of carbonyl (C=O) groups excluding carboxylic acids is 1. The molecule has 0 saturated carbocycles. The van der Waals surface area contributed by atoms with E-state index in [1.165, 1.54) is 25.3 Å². The lowest BCUT2D eigenvalue weighted by atomic mass is 10.3. The first-order chi connectivity index (χ1) is 9.47. The van der Waals surface area contributed by atoms with Gasteiger partial charge < -0.3 is 9.47 Å². The molecule has 0 atom stereocenters. The van der Waals surface area contributed by atoms with E-state index in [2.05, 4.69) is 30.6 Å². The third kappa shape index (κ3) is 3.51. The second-order valence-corrected chi connectivity index (χ2v) is 4.79. The number of carbonyl (C=O) groups is 1. The van der Waals surface area contributed by atoms with Gasteiger partial charge >= 0.3 is 5.97 Å². The first kappa shape index (κ1) is 14.4. The quantitative estimate of drug-likeness (QED) is 0.802. The number of benzene rings is 1. The van der Waals surface area contributed by atoms with Crippen molar-refractivity contribution < 1.29 is 18.7 Å². The van der Waals surface area contributed by atoms with Crippen LogP contribution in [0.25, 0.3) is 0 Å². The maximum absolute atomic E-state index is 13.3. The number of halogens is 2. The summed E-state index contributed by atoms with van der Waals surface area (Å²) in [4.78, 5) is 19.3. The fourth-order valence-electron chi connectivity index (χ4n) is 1.48. The number of ether oxygens (including phenoxy) is 2. The van der Waals surface area contributed by atoms with Crippen LogP contribution in [0.2, 0.25) is 0 Å². The summed E-state index contributed by atoms with van der Waals surface area (Å²) < 4.78 is 23.8. The molecule has 104 valence electrons. The topological polar surface area (TPSA) is 61.3 Å². The minimum absolute atomic E-state index is 0.113. The van der Waals surface area contributed by atoms with Gasteiger partial charge in [-0.05, 0) is 19.1 Å². The molecule has 0 radical (unpaired) electrons. The second kappa shape index (κ2) is 5.96. The van der Waals surface area contributed by atoms with Crippen LogP contribution in [-0.4, -0.2) is 23.0 Å². The van der Waals surface area contributed by atoms with Gasteiger partial charge in [-0.15, -0.1) is 0 Å². The summed E-state index contributed by atoms with van der Waals surface area (Å²) in [7, 11) is 1.23. The zero-order valence-corrected chi connectivity index (χ0v) is 12.3. The van der Waals surface area contributed by atoms with Crippen molar-refractivity contribution in [2.45, 2.75) is 6.92 Å². The lowest BCUT2D eigenvalue weighted by molar-refractivity contribution is 0.0585. The van der Waals surface area contributed by atoms with Gasteiger partial charge in [0.25, 0.3) is 0 Å². The Morgan fingerprint density at radius 3 is 2.65 bits per heavy atom. The van der Waals surface area contributed by atoms with E-state index >= 15 is 0 Å². The van der Waals surface area contributed by atoms with Crippen molar-refractivity contribution in [1.82, 2.24) is 9.97 Å². The fraction of sp³-hybridized carbons (Fsp3) is 0.154. The molecule has 2 rings (SSSR count). The molecule has 0 amide bonds. The zero-order valence-electron chi connectivity index (χ0n) is 10.7. The largest absolute Gasteiger partial charge is 0.463 e. The van der Waals surface area contributed by atoms with Crippen LogP contribution in [0.1, 0.15) is 16.3 Å². The Morgan fingerprint density at radius 2 is 2.00 bits per heavy atom. The Kier molecular flexibility index (Phi) is 4.29. The standard InChI is InChI=1S/C13H10BrFN2O3/c1-7-3-11(17-12(16-7)13(18)19-2)20-10-5-8(14)4-9(15)6-10/h3-6H,1-2H3. The predicted octanol–water partition coefficient (Wildman–Crippen LogP) is 3.27. The van der Waals surface area contributed by atoms with E-state index in [0.717, 1.165) is 0 Å². The minimum atomic E-state index is -0.668. The maximum Gasteiger partial charge on any atom is 0.376 e. The number of hydrogen-bond donors (Lipinski definition) is 0. The first-order valence-electron chi connectivity index (χ1n) is 5.56. The van der Waals surface area contributed by atoms with Gasteiger partial charge in [0, 0.05) is 22.3 Å². The molecule has 0 bridgehead atoms. The minimum Gasteiger partial charge on any atom is -0.463 e. The number of aromatic nitrogens is 2. The first-order valence-corrected chi connectivity index (χ1v) is 6.35. The molecule has 0 spiro atoms. The van der Waals surface area contributed by atoms with Crippen LogP contribution >= 0.6 is 15.9 Å². The average Bonchev–Trinajstić information content (AvgIpc) is 2.35. The van der Waals surface area contributed by atoms with Crippen molar-refractivity contribution in [3.8, 4) is 11.6 Å². The molecule has 0 saturated heterocycles. The number of esters is 1. The summed E-state index contributed by atoms with van der Waals surface area (Å²) >= 11 is 3.16. The molecule has 7 heteroatoms. The number of hydrogen-bond acceptors (Lipinski definition) is 5. The highest BCUT2D eigenvalue weighted by molar-refractivity contribution is 9.10. The average molecular weight is 341 g/mol. The van der Waals surface area contributed by atoms with E-state index in [4.69, 9.17) is 4.74 Å². The molecule has 1 aromatic heterocycles. The predicted molar refractivity (Wildman–Crippen MR) is 72.3 cm³/mol. The van der Waals surface area contributed by atoms with Crippen molar-refractivity contribution in [2.24, 2.45) is 0 Å². The van der Waals surface area contributed by atoms with Gasteiger partial charge in [0.15, 0.2) is 0 Å². The van der Waals surface area contributed by atoms with E-state index < -0.39 is 11.8 Å². The maximum atomic E-state index is 13.3. The molecule has 1 heterocycles. The Balaban J connectivity index is 2.33. The van der Waals surface area contributed by atoms with Crippen molar-refractivity contribution in [1.29, 1.82) is 0 Å². The van der Waals surface area contributed by atoms with Gasteiger partial charge in [-0.25, -0.2) is 14.2 Å². The van der Waals surface area contributed by atoms with Crippen LogP contribution in [0.5, 0.6) is 11.6 Å². The monoisotopic (exact) mass is 340 g/mol. The number of methoxy groups -OCH3 is 1. The van der Waals surface area contributed by atoms with Gasteiger partial charge in [-0.1, -0.05) is 15.9 Å². The molecule has 5 nitrogen and oxygen atoms in total. The Labute approximate surface area is 122 Å². The number of rotatable bonds is 3. The zero-order chi connectivity index (χ0) is 14.7. The lowest BCUT2D eigenvalue weighted by Crippen LogP contribution is -2.09. The normalized spacial score (nSPS) is 10.2. The summed E-state index contributed by atoms with van der Waals surface area (Å²) in [5, 5.41) is 0. The molecule has 2 aromatic rings. The summed E-state index contributed by atoms with van der Waals surface area (Å²) in [5.74, 6) is -0.841. The lowest BCUT2D eigenvalue weighted by Gasteiger charge is -2.07. The highest BCUT2D eigenvalue weighted by Gasteiger charge is 2.13. The van der Waals surface area contributed by atoms with E-state index in [1.807, 2.05) is 0 Å². The number of aryl methyl sites for hydroxylation is 1. The molecular weight excluding hydrogens is 331 g/mol. The number of nitrogens with zero attached hydrogens (tertiary/aromatic N) is 2. The van der Waals surface area contributed by atoms with Crippen molar-refractivity contribution >= 4 is 21.9 Å². The molecule has 0 aliphatic carbocycles. The SMILES string of the molecule is COC(=O)c1nc(C)cc(Oc2cc(F)cc(Br)c2)n1. The molecule has 20 heavy (non-hydrogen) atoms. The van der Waals surface area contributed by atoms with E-state index in [-0.39, 0.29) is 17.5 Å². The van der Waals surface area contributed by atoms with E-state index in [9.17, 15) is 9.18 Å². The fourth-order valence-corrected chi connectivity index (χ4v) is 1.93. The van der Waals surface area contributed by atoms with Crippen LogP contribution in [0.15, 0.2) is 28.7 Å². The third-order valence-corrected chi connectivity index (χ3v) is 2.72. The summed E-state index contributed by atoms with van der Waals surface area (Å²) in [6, 6.07) is 5.63. The van der Waals surface area contributed by atoms with Gasteiger partial charge in [0.05, 0.1) is 7.11 Å². The second-order valence-electron chi connectivity index (χ2n) is 3.87. The molecule has 1 aromatic carbocycles. The van der Waals surface area contributed by atoms with Gasteiger partial charge in [0.2, 0.25) is 11.7 Å². The van der Waals surface area contributed by atoms with E-state index in [1.54, 1.807) is 13.0 Å². The molecule has 0 aliphatic heterocycles. The summed E-state index contributed by atoms with van der Waals surface area (Å²) in [6.07, 6.45) is 0. The molecule has 0 fully saturated rings. The Hall–Kier alpha value is -2.02. The van der Waals surface area contributed by atoms with Gasteiger partial charge in [0.1, 0.15) is 11.6 Å². The van der Waals surface area contributed by atoms with Crippen LogP contribution in [-0.2, 0) is 4.74 Å². The van der Waals surface area contributed by atoms with Crippen molar-refractivity contribution in [3.63, 3.8) is 0 Å². The smallest absolute Gasteiger partial charge is 0.376 e. The molecule has 0 aliphatic rings. The van der Waals surface area contributed by atoms with Crippen LogP contribution < -0.4 is 4.74 Å². The van der Waals surface area contributed by atoms with E-state index in [0.29, 0.717) is 10.2 Å².